The van der Waals surface area contributed by atoms with Crippen LogP contribution in [0.3, 0.4) is 0 Å². The molecule has 0 aromatic carbocycles. The third-order valence-electron chi connectivity index (χ3n) is 22.9. The van der Waals surface area contributed by atoms with Crippen LogP contribution in [-0.2, 0) is 114 Å². The molecule has 10 heterocycles. The van der Waals surface area contributed by atoms with Crippen molar-refractivity contribution in [3.63, 3.8) is 0 Å². The SMILES string of the molecule is CC(=O)N[C@@H]1[C@@H](O)[C@H](O[C@@H]2O[C@H](CO)[C@@H](O[C@@H]3O[C@H](CO[C@H]4O[C@H](CO[C@@H]5O[C@H](CO)[C@@H](O[C@@H]6O[C@H](CO)[C@H](O)[C@H](O)[C@H]6O)[C@H](O)[C@H]5NC(C)=O)[C@@H](O)[C@H](O)[C@@H]4O[C@@H]4O[C@H](CO)[C@@H](O[C@@H]5O[C@H](CO)[C@H](O)[C@H](O)[C@H]5O)[C@H](O)[C@H]4NC(C)=O)[C@@H](O)[C@H](O[C@H]4O[C@H](CO)[C@@H](O)[C@H](O)[C@@H]4O[C@@H]4O[C@H](CO)[C@@H](O)[C@H](O)[C@H]4NC(C)=O)[C@@H]3O)[C@H](O)[C@H]2NC(C)=O)[C@@H](CO)O[C@H]1O. The molecule has 10 aliphatic rings. The minimum atomic E-state index is -2.63. The van der Waals surface area contributed by atoms with Gasteiger partial charge < -0.3 is 254 Å². The van der Waals surface area contributed by atoms with Crippen molar-refractivity contribution in [2.45, 2.75) is 341 Å². The van der Waals surface area contributed by atoms with E-state index in [1.807, 2.05) is 0 Å². The molecule has 5 amide bonds. The monoisotopic (exact) mass is 1840 g/mol. The summed E-state index contributed by atoms with van der Waals surface area (Å²) in [5, 5.41) is 314. The Morgan fingerprint density at radius 3 is 0.833 bits per heavy atom. The first-order valence-corrected chi connectivity index (χ1v) is 40.1. The van der Waals surface area contributed by atoms with E-state index in [1.54, 1.807) is 0 Å². The first kappa shape index (κ1) is 104. The van der Waals surface area contributed by atoms with E-state index in [0.29, 0.717) is 0 Å². The highest BCUT2D eigenvalue weighted by Crippen LogP contribution is 2.41. The van der Waals surface area contributed by atoms with Gasteiger partial charge in [0.15, 0.2) is 62.9 Å². The maximum atomic E-state index is 13.2. The smallest absolute Gasteiger partial charge is 0.217 e. The van der Waals surface area contributed by atoms with E-state index in [1.165, 1.54) is 0 Å². The highest BCUT2D eigenvalue weighted by atomic mass is 16.8. The standard InChI is InChI=1S/C70H117N5O51/c1-16(84)71-31-43(96)54(25(10-80)110-61(31)107)120-64-34(74-19(4)87)45(98)57(28(13-83)116-64)123-68-53(106)58(124-70-60(49(102)39(92)24(9-79)114-70)126-63-32(72-17(2)85)42(95)36(89)21(6-76)111-63)41(94)30(118-68)15-109-69-59(125-65-35(75-20(5)88)46(99)56(27(12-82)117-65)122-67-52(105)48(101)38(91)23(8-78)113-67)50(103)40(93)29(119-69)14-108-62-33(73-18(3)86)44(97)55(26(11-81)115-62)121-66-51(104)47(100)37(90)22(7-77)112-66/h21-70,76-83,89-107H,6-15H2,1-5H3,(H,71,84)(H,72,85)(H,73,86)(H,74,87)(H,75,88)/t21-,22-,23-,24-,25-,26-,27-,28-,29-,30-,31-,32-,33-,34-,35-,36-,37+,38+,39-,40-,41-,42-,43-,44-,45-,46-,47+,48+,49+,50+,51-,52-,53+,54-,55-,56-,57-,58+,59+,60+,61-,62-,63+,64+,65+,66+,67+,68+,69+,70-/m1/s1. The highest BCUT2D eigenvalue weighted by molar-refractivity contribution is 5.75. The second kappa shape index (κ2) is 45.5. The quantitative estimate of drug-likeness (QED) is 0.0290. The Morgan fingerprint density at radius 2 is 0.444 bits per heavy atom. The van der Waals surface area contributed by atoms with Gasteiger partial charge in [0, 0.05) is 34.6 Å². The van der Waals surface area contributed by atoms with Crippen LogP contribution in [-0.4, -0.2) is 540 Å². The van der Waals surface area contributed by atoms with Crippen molar-refractivity contribution in [3.05, 3.63) is 0 Å². The van der Waals surface area contributed by atoms with Gasteiger partial charge in [-0.1, -0.05) is 0 Å². The number of carbonyl (C=O) groups excluding carboxylic acids is 5. The van der Waals surface area contributed by atoms with Gasteiger partial charge in [-0.05, 0) is 0 Å². The van der Waals surface area contributed by atoms with Crippen LogP contribution in [0.4, 0.5) is 0 Å². The summed E-state index contributed by atoms with van der Waals surface area (Å²) in [7, 11) is 0. The molecule has 126 heavy (non-hydrogen) atoms. The van der Waals surface area contributed by atoms with Crippen LogP contribution in [0.25, 0.3) is 0 Å². The highest BCUT2D eigenvalue weighted by Gasteiger charge is 2.62. The van der Waals surface area contributed by atoms with Crippen molar-refractivity contribution >= 4 is 29.5 Å². The molecule has 10 fully saturated rings. The maximum Gasteiger partial charge on any atom is 0.217 e. The van der Waals surface area contributed by atoms with E-state index >= 15 is 0 Å². The predicted octanol–water partition coefficient (Wildman–Crippen LogP) is -22.1. The third-order valence-corrected chi connectivity index (χ3v) is 22.9. The Morgan fingerprint density at radius 1 is 0.206 bits per heavy atom. The number of amides is 5. The van der Waals surface area contributed by atoms with Crippen LogP contribution in [0.5, 0.6) is 0 Å². The lowest BCUT2D eigenvalue weighted by atomic mass is 9.93. The summed E-state index contributed by atoms with van der Waals surface area (Å²) in [6.07, 6.45) is -95.3. The van der Waals surface area contributed by atoms with Crippen LogP contribution in [0.15, 0.2) is 0 Å². The average Bonchev–Trinajstić information content (AvgIpc) is 0.766. The normalized spacial score (nSPS) is 48.4. The second-order valence-electron chi connectivity index (χ2n) is 31.7. The predicted molar refractivity (Wildman–Crippen MR) is 388 cm³/mol. The average molecular weight is 1840 g/mol. The topological polar surface area (TPSA) is 867 Å². The first-order chi connectivity index (χ1) is 59.6. The van der Waals surface area contributed by atoms with E-state index in [0.717, 1.165) is 34.6 Å². The largest absolute Gasteiger partial charge is 0.394 e. The summed E-state index contributed by atoms with van der Waals surface area (Å²) in [5.41, 5.74) is 0. The molecule has 0 aliphatic carbocycles. The summed E-state index contributed by atoms with van der Waals surface area (Å²) in [5.74, 6) is -4.61. The fourth-order valence-corrected chi connectivity index (χ4v) is 16.2. The molecular weight excluding hydrogens is 1730 g/mol. The van der Waals surface area contributed by atoms with Crippen LogP contribution in [0.2, 0.25) is 0 Å². The summed E-state index contributed by atoms with van der Waals surface area (Å²) in [6.45, 7) is -6.46. The van der Waals surface area contributed by atoms with Crippen molar-refractivity contribution < 1.29 is 252 Å². The van der Waals surface area contributed by atoms with Gasteiger partial charge in [-0.3, -0.25) is 24.0 Å². The minimum absolute atomic E-state index is 0.808. The molecule has 0 spiro atoms. The molecule has 0 unspecified atom stereocenters. The maximum absolute atomic E-state index is 13.2. The lowest BCUT2D eigenvalue weighted by Gasteiger charge is -2.51. The number of aliphatic hydroxyl groups is 27. The van der Waals surface area contributed by atoms with Gasteiger partial charge >= 0.3 is 0 Å². The van der Waals surface area contributed by atoms with Crippen LogP contribution in [0.1, 0.15) is 34.6 Å². The Bertz CT molecular complexity index is 3440. The van der Waals surface area contributed by atoms with E-state index in [4.69, 9.17) is 90.0 Å². The summed E-state index contributed by atoms with van der Waals surface area (Å²) in [4.78, 5) is 64.0. The molecule has 50 atom stereocenters. The van der Waals surface area contributed by atoms with Crippen molar-refractivity contribution in [2.75, 3.05) is 66.1 Å². The van der Waals surface area contributed by atoms with E-state index in [9.17, 15) is 162 Å². The Hall–Kier alpha value is -4.49. The van der Waals surface area contributed by atoms with Crippen LogP contribution in [0, 0.1) is 0 Å². The molecule has 0 bridgehead atoms. The zero-order chi connectivity index (χ0) is 92.8. The molecule has 32 N–H and O–H groups in total. The van der Waals surface area contributed by atoms with Crippen molar-refractivity contribution in [1.82, 2.24) is 26.6 Å². The number of carbonyl (C=O) groups is 5. The molecule has 10 aliphatic heterocycles. The summed E-state index contributed by atoms with van der Waals surface area (Å²) < 4.78 is 114. The number of rotatable bonds is 33. The zero-order valence-corrected chi connectivity index (χ0v) is 67.8. The van der Waals surface area contributed by atoms with Crippen LogP contribution >= 0.6 is 0 Å². The Labute approximate surface area is 713 Å². The molecule has 0 radical (unpaired) electrons. The lowest BCUT2D eigenvalue weighted by Crippen LogP contribution is -2.70. The van der Waals surface area contributed by atoms with Gasteiger partial charge in [-0.25, -0.2) is 0 Å². The second-order valence-corrected chi connectivity index (χ2v) is 31.7. The Kier molecular flexibility index (Phi) is 37.4. The molecule has 0 aromatic heterocycles. The zero-order valence-electron chi connectivity index (χ0n) is 67.8. The number of hydrogen-bond acceptors (Lipinski definition) is 51. The summed E-state index contributed by atoms with van der Waals surface area (Å²) in [6, 6.07) is -9.36. The molecule has 0 saturated carbocycles. The van der Waals surface area contributed by atoms with E-state index in [2.05, 4.69) is 26.6 Å². The fourth-order valence-electron chi connectivity index (χ4n) is 16.2. The molecule has 10 rings (SSSR count). The van der Waals surface area contributed by atoms with Gasteiger partial charge in [0.25, 0.3) is 0 Å². The van der Waals surface area contributed by atoms with Gasteiger partial charge in [-0.15, -0.1) is 0 Å². The molecule has 728 valence electrons. The van der Waals surface area contributed by atoms with Crippen molar-refractivity contribution in [1.29, 1.82) is 0 Å². The molecule has 10 saturated heterocycles. The molecule has 56 heteroatoms. The molecular formula is C70H117N5O51. The third kappa shape index (κ3) is 23.1. The van der Waals surface area contributed by atoms with Crippen molar-refractivity contribution in [2.24, 2.45) is 0 Å². The number of aliphatic hydroxyl groups excluding tert-OH is 27. The van der Waals surface area contributed by atoms with Crippen molar-refractivity contribution in [3.8, 4) is 0 Å². The summed E-state index contributed by atoms with van der Waals surface area (Å²) >= 11 is 0. The van der Waals surface area contributed by atoms with Gasteiger partial charge in [0.05, 0.1) is 66.1 Å². The number of ether oxygens (including phenoxy) is 19. The minimum Gasteiger partial charge on any atom is -0.394 e. The number of hydrogen-bond donors (Lipinski definition) is 32. The van der Waals surface area contributed by atoms with E-state index in [-0.39, 0.29) is 0 Å². The lowest BCUT2D eigenvalue weighted by molar-refractivity contribution is -0.397. The number of nitrogens with one attached hydrogen (secondary N) is 5. The molecule has 0 aromatic rings. The fraction of sp³-hybridized carbons (Fsp3) is 0.929. The first-order valence-electron chi connectivity index (χ1n) is 40.1. The van der Waals surface area contributed by atoms with Gasteiger partial charge in [-0.2, -0.15) is 0 Å². The van der Waals surface area contributed by atoms with Gasteiger partial charge in [0.2, 0.25) is 29.5 Å². The molecule has 56 nitrogen and oxygen atoms in total. The van der Waals surface area contributed by atoms with Gasteiger partial charge in [0.1, 0.15) is 244 Å². The van der Waals surface area contributed by atoms with Crippen LogP contribution < -0.4 is 26.6 Å². The Balaban J connectivity index is 1.02. The van der Waals surface area contributed by atoms with E-state index < -0.39 is 402 Å².